The number of anilines is 1. The molecule has 38 heavy (non-hydrogen) atoms. The monoisotopic (exact) mass is 515 g/mol. The van der Waals surface area contributed by atoms with Crippen molar-refractivity contribution < 1.29 is 18.7 Å². The van der Waals surface area contributed by atoms with E-state index in [1.54, 1.807) is 26.4 Å². The van der Waals surface area contributed by atoms with Crippen LogP contribution in [0, 0.1) is 5.82 Å². The van der Waals surface area contributed by atoms with Gasteiger partial charge in [-0.2, -0.15) is 0 Å². The summed E-state index contributed by atoms with van der Waals surface area (Å²) in [4.78, 5) is 21.1. The number of methoxy groups -OCH3 is 2. The van der Waals surface area contributed by atoms with E-state index in [-0.39, 0.29) is 17.6 Å². The third kappa shape index (κ3) is 5.05. The van der Waals surface area contributed by atoms with E-state index in [1.165, 1.54) is 11.6 Å². The summed E-state index contributed by atoms with van der Waals surface area (Å²) < 4.78 is 25.4. The smallest absolute Gasteiger partial charge is 0.223 e. The third-order valence-electron chi connectivity index (χ3n) is 7.57. The van der Waals surface area contributed by atoms with Gasteiger partial charge in [-0.05, 0) is 47.4 Å². The molecule has 1 amide bonds. The van der Waals surface area contributed by atoms with Gasteiger partial charge in [0.15, 0.2) is 0 Å². The number of halogens is 1. The Kier molecular flexibility index (Phi) is 7.54. The number of H-pyrrole nitrogens is 1. The molecule has 2 heterocycles. The van der Waals surface area contributed by atoms with Crippen molar-refractivity contribution in [2.24, 2.45) is 0 Å². The van der Waals surface area contributed by atoms with Crippen molar-refractivity contribution in [3.05, 3.63) is 89.4 Å². The van der Waals surface area contributed by atoms with Crippen LogP contribution < -0.4 is 14.4 Å². The largest absolute Gasteiger partial charge is 0.497 e. The summed E-state index contributed by atoms with van der Waals surface area (Å²) in [6, 6.07) is 18.9. The maximum Gasteiger partial charge on any atom is 0.223 e. The number of aromatic nitrogens is 1. The minimum atomic E-state index is -0.231. The van der Waals surface area contributed by atoms with Crippen LogP contribution in [-0.2, 0) is 11.2 Å². The minimum Gasteiger partial charge on any atom is -0.497 e. The van der Waals surface area contributed by atoms with Crippen LogP contribution in [-0.4, -0.2) is 56.2 Å². The number of carbonyl (C=O) groups is 1. The molecule has 0 aliphatic carbocycles. The second-order valence-electron chi connectivity index (χ2n) is 9.66. The van der Waals surface area contributed by atoms with E-state index in [9.17, 15) is 9.18 Å². The molecule has 1 fully saturated rings. The number of rotatable bonds is 8. The van der Waals surface area contributed by atoms with E-state index in [0.717, 1.165) is 28.5 Å². The zero-order valence-corrected chi connectivity index (χ0v) is 22.2. The van der Waals surface area contributed by atoms with Crippen LogP contribution >= 0.6 is 0 Å². The van der Waals surface area contributed by atoms with Gasteiger partial charge in [0.1, 0.15) is 17.3 Å². The average molecular weight is 516 g/mol. The van der Waals surface area contributed by atoms with Crippen LogP contribution in [0.15, 0.2) is 66.9 Å². The lowest BCUT2D eigenvalue weighted by atomic mass is 9.87. The molecule has 1 atom stereocenters. The lowest BCUT2D eigenvalue weighted by Crippen LogP contribution is -2.49. The molecule has 1 aliphatic heterocycles. The Bertz CT molecular complexity index is 1400. The second kappa shape index (κ2) is 11.2. The van der Waals surface area contributed by atoms with Crippen LogP contribution in [0.3, 0.4) is 0 Å². The van der Waals surface area contributed by atoms with Crippen LogP contribution in [0.5, 0.6) is 11.5 Å². The van der Waals surface area contributed by atoms with Gasteiger partial charge in [0.25, 0.3) is 0 Å². The van der Waals surface area contributed by atoms with E-state index in [1.807, 2.05) is 40.3 Å². The van der Waals surface area contributed by atoms with Crippen molar-refractivity contribution >= 4 is 22.5 Å². The van der Waals surface area contributed by atoms with Gasteiger partial charge >= 0.3 is 0 Å². The molecular weight excluding hydrogens is 481 g/mol. The zero-order valence-electron chi connectivity index (χ0n) is 22.2. The lowest BCUT2D eigenvalue weighted by molar-refractivity contribution is -0.131. The number of aryl methyl sites for hydroxylation is 1. The number of nitrogens with one attached hydrogen (secondary N) is 1. The molecule has 4 aromatic rings. The van der Waals surface area contributed by atoms with Gasteiger partial charge in [-0.3, -0.25) is 4.79 Å². The number of piperazine rings is 1. The van der Waals surface area contributed by atoms with Gasteiger partial charge in [-0.1, -0.05) is 37.3 Å². The van der Waals surface area contributed by atoms with E-state index in [4.69, 9.17) is 9.47 Å². The van der Waals surface area contributed by atoms with Gasteiger partial charge in [-0.25, -0.2) is 4.39 Å². The number of benzene rings is 3. The van der Waals surface area contributed by atoms with Crippen molar-refractivity contribution in [1.82, 2.24) is 9.88 Å². The van der Waals surface area contributed by atoms with E-state index in [0.29, 0.717) is 49.8 Å². The summed E-state index contributed by atoms with van der Waals surface area (Å²) in [5.41, 5.74) is 4.97. The Hall–Kier alpha value is -4.00. The van der Waals surface area contributed by atoms with Gasteiger partial charge in [0.2, 0.25) is 5.91 Å². The molecule has 7 heteroatoms. The summed E-state index contributed by atoms with van der Waals surface area (Å²) in [5.74, 6) is 1.02. The highest BCUT2D eigenvalue weighted by molar-refractivity contribution is 5.88. The molecule has 1 saturated heterocycles. The molecule has 0 saturated carbocycles. The first-order chi connectivity index (χ1) is 18.5. The average Bonchev–Trinajstić information content (AvgIpc) is 3.40. The number of para-hydroxylation sites is 2. The maximum absolute atomic E-state index is 14.3. The van der Waals surface area contributed by atoms with E-state index >= 15 is 0 Å². The lowest BCUT2D eigenvalue weighted by Gasteiger charge is -2.36. The predicted octanol–water partition coefficient (Wildman–Crippen LogP) is 5.76. The van der Waals surface area contributed by atoms with Crippen molar-refractivity contribution in [2.75, 3.05) is 45.3 Å². The number of fused-ring (bicyclic) bond motifs is 1. The molecule has 0 spiro atoms. The van der Waals surface area contributed by atoms with Crippen LogP contribution in [0.2, 0.25) is 0 Å². The molecule has 1 aliphatic rings. The standard InChI is InChI=1S/C31H34FN3O3/c1-4-21-8-7-9-25-27(20-33-31(21)25)26(22-16-23(37-2)18-24(17-22)38-3)19-30(36)35-14-12-34(13-15-35)29-11-6-5-10-28(29)32/h5-11,16-18,20,26,33H,4,12-15,19H2,1-3H3. The number of aromatic amines is 1. The van der Waals surface area contributed by atoms with Crippen molar-refractivity contribution in [3.63, 3.8) is 0 Å². The molecule has 0 radical (unpaired) electrons. The Morgan fingerprint density at radius 2 is 1.68 bits per heavy atom. The Morgan fingerprint density at radius 1 is 0.974 bits per heavy atom. The first-order valence-electron chi connectivity index (χ1n) is 13.1. The van der Waals surface area contributed by atoms with Gasteiger partial charge in [0.05, 0.1) is 19.9 Å². The van der Waals surface area contributed by atoms with Crippen LogP contribution in [0.1, 0.15) is 36.0 Å². The first-order valence-corrected chi connectivity index (χ1v) is 13.1. The molecule has 3 aromatic carbocycles. The van der Waals surface area contributed by atoms with Gasteiger partial charge in [-0.15, -0.1) is 0 Å². The number of nitrogens with zero attached hydrogens (tertiary/aromatic N) is 2. The van der Waals surface area contributed by atoms with E-state index in [2.05, 4.69) is 30.1 Å². The normalized spacial score (nSPS) is 14.5. The van der Waals surface area contributed by atoms with Crippen LogP contribution in [0.25, 0.3) is 10.9 Å². The molecule has 6 nitrogen and oxygen atoms in total. The van der Waals surface area contributed by atoms with Gasteiger partial charge < -0.3 is 24.3 Å². The second-order valence-corrected chi connectivity index (χ2v) is 9.66. The van der Waals surface area contributed by atoms with Crippen LogP contribution in [0.4, 0.5) is 10.1 Å². The van der Waals surface area contributed by atoms with E-state index < -0.39 is 0 Å². The highest BCUT2D eigenvalue weighted by Crippen LogP contribution is 2.38. The van der Waals surface area contributed by atoms with Crippen molar-refractivity contribution in [3.8, 4) is 11.5 Å². The fourth-order valence-electron chi connectivity index (χ4n) is 5.47. The SMILES string of the molecule is CCc1cccc2c(C(CC(=O)N3CCN(c4ccccc4F)CC3)c3cc(OC)cc(OC)c3)c[nH]c12. The molecule has 5 rings (SSSR count). The summed E-state index contributed by atoms with van der Waals surface area (Å²) in [6.07, 6.45) is 3.25. The topological polar surface area (TPSA) is 57.8 Å². The minimum absolute atomic E-state index is 0.0750. The molecule has 1 unspecified atom stereocenters. The number of ether oxygens (including phenoxy) is 2. The quantitative estimate of drug-likeness (QED) is 0.324. The zero-order chi connectivity index (χ0) is 26.6. The maximum atomic E-state index is 14.3. The molecule has 1 N–H and O–H groups in total. The molecule has 1 aromatic heterocycles. The summed E-state index contributed by atoms with van der Waals surface area (Å²) in [5, 5.41) is 1.12. The predicted molar refractivity (Wildman–Crippen MR) is 149 cm³/mol. The van der Waals surface area contributed by atoms with Crippen molar-refractivity contribution in [2.45, 2.75) is 25.7 Å². The number of amides is 1. The van der Waals surface area contributed by atoms with Crippen molar-refractivity contribution in [1.29, 1.82) is 0 Å². The van der Waals surface area contributed by atoms with Gasteiger partial charge in [0, 0.05) is 61.7 Å². The number of hydrogen-bond donors (Lipinski definition) is 1. The molecule has 0 bridgehead atoms. The first kappa shape index (κ1) is 25.6. The fraction of sp³-hybridized carbons (Fsp3) is 0.323. The fourth-order valence-corrected chi connectivity index (χ4v) is 5.47. The summed E-state index contributed by atoms with van der Waals surface area (Å²) >= 11 is 0. The number of carbonyl (C=O) groups excluding carboxylic acids is 1. The number of hydrogen-bond acceptors (Lipinski definition) is 4. The summed E-state index contributed by atoms with van der Waals surface area (Å²) in [7, 11) is 3.26. The Balaban J connectivity index is 1.44. The molecule has 198 valence electrons. The summed E-state index contributed by atoms with van der Waals surface area (Å²) in [6.45, 7) is 4.43. The Labute approximate surface area is 223 Å². The Morgan fingerprint density at radius 3 is 2.34 bits per heavy atom. The highest BCUT2D eigenvalue weighted by atomic mass is 19.1. The molecular formula is C31H34FN3O3. The highest BCUT2D eigenvalue weighted by Gasteiger charge is 2.28. The third-order valence-corrected chi connectivity index (χ3v) is 7.57.